The zero-order valence-corrected chi connectivity index (χ0v) is 19.4. The summed E-state index contributed by atoms with van der Waals surface area (Å²) in [5.41, 5.74) is 3.71. The number of aromatic nitrogens is 2. The van der Waals surface area contributed by atoms with Crippen molar-refractivity contribution in [3.8, 4) is 28.6 Å². The molecule has 3 aromatic carbocycles. The fraction of sp³-hybridized carbons (Fsp3) is 0.222. The molecule has 1 aliphatic rings. The van der Waals surface area contributed by atoms with Gasteiger partial charge in [-0.25, -0.2) is 4.39 Å². The van der Waals surface area contributed by atoms with Crippen molar-refractivity contribution in [2.45, 2.75) is 6.92 Å². The van der Waals surface area contributed by atoms with Crippen LogP contribution in [0, 0.1) is 12.7 Å². The van der Waals surface area contributed by atoms with Crippen LogP contribution in [0.1, 0.15) is 5.56 Å². The number of hydrogen-bond acceptors (Lipinski definition) is 6. The molecule has 0 atom stereocenters. The highest BCUT2D eigenvalue weighted by Gasteiger charge is 2.22. The van der Waals surface area contributed by atoms with Gasteiger partial charge in [0.25, 0.3) is 11.8 Å². The van der Waals surface area contributed by atoms with Crippen LogP contribution in [-0.4, -0.2) is 53.7 Å². The summed E-state index contributed by atoms with van der Waals surface area (Å²) in [6.07, 6.45) is 0. The summed E-state index contributed by atoms with van der Waals surface area (Å²) >= 11 is 0. The van der Waals surface area contributed by atoms with Crippen LogP contribution in [0.2, 0.25) is 0 Å². The molecule has 0 aliphatic carbocycles. The smallest absolute Gasteiger partial charge is 0.260 e. The summed E-state index contributed by atoms with van der Waals surface area (Å²) in [7, 11) is 0. The van der Waals surface area contributed by atoms with Crippen LogP contribution in [0.5, 0.6) is 5.75 Å². The number of piperazine rings is 1. The fourth-order valence-corrected chi connectivity index (χ4v) is 3.98. The second-order valence-electron chi connectivity index (χ2n) is 8.45. The Balaban J connectivity index is 1.16. The maximum atomic E-state index is 13.2. The second-order valence-corrected chi connectivity index (χ2v) is 8.45. The standard InChI is InChI=1S/C27H25FN4O3/c1-19-5-7-20(8-6-19)26-29-27(35-30-26)21-3-2-4-24(17-21)34-18-25(33)32-15-13-31(14-16-32)23-11-9-22(28)10-12-23/h2-12,17H,13-16,18H2,1H3. The molecule has 1 amide bonds. The number of anilines is 1. The van der Waals surface area contributed by atoms with Crippen molar-refractivity contribution in [3.05, 3.63) is 84.2 Å². The van der Waals surface area contributed by atoms with Crippen molar-refractivity contribution in [2.24, 2.45) is 0 Å². The van der Waals surface area contributed by atoms with E-state index in [2.05, 4.69) is 15.0 Å². The van der Waals surface area contributed by atoms with E-state index in [4.69, 9.17) is 9.26 Å². The van der Waals surface area contributed by atoms with Gasteiger partial charge in [-0.3, -0.25) is 4.79 Å². The third-order valence-electron chi connectivity index (χ3n) is 6.00. The number of amides is 1. The molecule has 2 heterocycles. The monoisotopic (exact) mass is 472 g/mol. The van der Waals surface area contributed by atoms with E-state index in [1.165, 1.54) is 12.1 Å². The molecule has 0 N–H and O–H groups in total. The van der Waals surface area contributed by atoms with Crippen LogP contribution < -0.4 is 9.64 Å². The summed E-state index contributed by atoms with van der Waals surface area (Å²) in [6, 6.07) is 21.6. The van der Waals surface area contributed by atoms with Crippen molar-refractivity contribution in [1.82, 2.24) is 15.0 Å². The summed E-state index contributed by atoms with van der Waals surface area (Å²) in [5, 5.41) is 4.08. The Labute approximate surface area is 202 Å². The largest absolute Gasteiger partial charge is 0.484 e. The minimum absolute atomic E-state index is 0.0571. The molecular weight excluding hydrogens is 447 g/mol. The molecule has 0 radical (unpaired) electrons. The number of benzene rings is 3. The van der Waals surface area contributed by atoms with E-state index in [-0.39, 0.29) is 18.3 Å². The molecule has 1 aliphatic heterocycles. The van der Waals surface area contributed by atoms with E-state index in [1.807, 2.05) is 43.3 Å². The van der Waals surface area contributed by atoms with Gasteiger partial charge in [-0.2, -0.15) is 4.98 Å². The highest BCUT2D eigenvalue weighted by Crippen LogP contribution is 2.25. The highest BCUT2D eigenvalue weighted by molar-refractivity contribution is 5.78. The van der Waals surface area contributed by atoms with Crippen molar-refractivity contribution in [3.63, 3.8) is 0 Å². The first-order valence-corrected chi connectivity index (χ1v) is 11.5. The van der Waals surface area contributed by atoms with E-state index in [0.29, 0.717) is 49.2 Å². The molecule has 1 saturated heterocycles. The van der Waals surface area contributed by atoms with Gasteiger partial charge in [-0.1, -0.05) is 41.1 Å². The number of rotatable bonds is 6. The molecule has 0 saturated carbocycles. The number of ether oxygens (including phenoxy) is 1. The van der Waals surface area contributed by atoms with Crippen molar-refractivity contribution in [2.75, 3.05) is 37.7 Å². The Bertz CT molecular complexity index is 1300. The summed E-state index contributed by atoms with van der Waals surface area (Å²) < 4.78 is 24.4. The number of carbonyl (C=O) groups is 1. The minimum atomic E-state index is -0.255. The molecule has 4 aromatic rings. The normalized spacial score (nSPS) is 13.7. The van der Waals surface area contributed by atoms with E-state index in [9.17, 15) is 9.18 Å². The molecule has 0 bridgehead atoms. The lowest BCUT2D eigenvalue weighted by molar-refractivity contribution is -0.133. The van der Waals surface area contributed by atoms with Gasteiger partial charge >= 0.3 is 0 Å². The quantitative estimate of drug-likeness (QED) is 0.409. The van der Waals surface area contributed by atoms with E-state index in [1.54, 1.807) is 29.2 Å². The molecule has 8 heteroatoms. The first-order valence-electron chi connectivity index (χ1n) is 11.5. The van der Waals surface area contributed by atoms with Crippen LogP contribution in [0.15, 0.2) is 77.3 Å². The summed E-state index contributed by atoms with van der Waals surface area (Å²) in [4.78, 5) is 21.1. The van der Waals surface area contributed by atoms with Crippen LogP contribution in [0.3, 0.4) is 0 Å². The predicted octanol–water partition coefficient (Wildman–Crippen LogP) is 4.58. The first-order chi connectivity index (χ1) is 17.0. The van der Waals surface area contributed by atoms with Gasteiger partial charge in [0.05, 0.1) is 0 Å². The Morgan fingerprint density at radius 2 is 1.71 bits per heavy atom. The molecule has 0 unspecified atom stereocenters. The van der Waals surface area contributed by atoms with E-state index < -0.39 is 0 Å². The predicted molar refractivity (Wildman–Crippen MR) is 131 cm³/mol. The van der Waals surface area contributed by atoms with Gasteiger partial charge in [0, 0.05) is 43.0 Å². The van der Waals surface area contributed by atoms with Gasteiger partial charge in [0.2, 0.25) is 5.82 Å². The van der Waals surface area contributed by atoms with Gasteiger partial charge in [-0.05, 0) is 49.4 Å². The zero-order chi connectivity index (χ0) is 24.2. The van der Waals surface area contributed by atoms with Crippen molar-refractivity contribution < 1.29 is 18.4 Å². The lowest BCUT2D eigenvalue weighted by atomic mass is 10.1. The van der Waals surface area contributed by atoms with Crippen LogP contribution in [0.4, 0.5) is 10.1 Å². The average molecular weight is 473 g/mol. The van der Waals surface area contributed by atoms with Gasteiger partial charge < -0.3 is 19.1 Å². The lowest BCUT2D eigenvalue weighted by Gasteiger charge is -2.36. The van der Waals surface area contributed by atoms with Gasteiger partial charge in [0.1, 0.15) is 11.6 Å². The maximum absolute atomic E-state index is 13.2. The third kappa shape index (κ3) is 5.32. The van der Waals surface area contributed by atoms with Gasteiger partial charge in [0.15, 0.2) is 6.61 Å². The molecule has 1 aromatic heterocycles. The second kappa shape index (κ2) is 9.97. The topological polar surface area (TPSA) is 71.7 Å². The number of carbonyl (C=O) groups excluding carboxylic acids is 1. The number of hydrogen-bond donors (Lipinski definition) is 0. The zero-order valence-electron chi connectivity index (χ0n) is 19.4. The number of halogens is 1. The van der Waals surface area contributed by atoms with Crippen LogP contribution >= 0.6 is 0 Å². The third-order valence-corrected chi connectivity index (χ3v) is 6.00. The van der Waals surface area contributed by atoms with Crippen molar-refractivity contribution in [1.29, 1.82) is 0 Å². The Kier molecular flexibility index (Phi) is 6.43. The minimum Gasteiger partial charge on any atom is -0.484 e. The first kappa shape index (κ1) is 22.6. The van der Waals surface area contributed by atoms with Crippen molar-refractivity contribution >= 4 is 11.6 Å². The molecule has 5 rings (SSSR count). The number of nitrogens with zero attached hydrogens (tertiary/aromatic N) is 4. The molecule has 0 spiro atoms. The summed E-state index contributed by atoms with van der Waals surface area (Å²) in [6.45, 7) is 4.52. The molecule has 7 nitrogen and oxygen atoms in total. The number of aryl methyl sites for hydroxylation is 1. The molecule has 178 valence electrons. The van der Waals surface area contributed by atoms with E-state index >= 15 is 0 Å². The molecular formula is C27H25FN4O3. The molecule has 1 fully saturated rings. The fourth-order valence-electron chi connectivity index (χ4n) is 3.98. The average Bonchev–Trinajstić information content (AvgIpc) is 3.39. The Morgan fingerprint density at radius 3 is 2.46 bits per heavy atom. The van der Waals surface area contributed by atoms with Crippen LogP contribution in [-0.2, 0) is 4.79 Å². The molecule has 35 heavy (non-hydrogen) atoms. The van der Waals surface area contributed by atoms with Crippen LogP contribution in [0.25, 0.3) is 22.8 Å². The lowest BCUT2D eigenvalue weighted by Crippen LogP contribution is -2.50. The SMILES string of the molecule is Cc1ccc(-c2noc(-c3cccc(OCC(=O)N4CCN(c5ccc(F)cc5)CC4)c3)n2)cc1. The van der Waals surface area contributed by atoms with E-state index in [0.717, 1.165) is 16.8 Å². The Hall–Kier alpha value is -4.20. The van der Waals surface area contributed by atoms with Gasteiger partial charge in [-0.15, -0.1) is 0 Å². The maximum Gasteiger partial charge on any atom is 0.260 e. The Morgan fingerprint density at radius 1 is 0.971 bits per heavy atom. The summed E-state index contributed by atoms with van der Waals surface area (Å²) in [5.74, 6) is 1.12. The highest BCUT2D eigenvalue weighted by atomic mass is 19.1.